The zero-order chi connectivity index (χ0) is 17.1. The Morgan fingerprint density at radius 1 is 1.17 bits per heavy atom. The molecule has 1 aromatic carbocycles. The summed E-state index contributed by atoms with van der Waals surface area (Å²) in [6.45, 7) is 1.88. The zero-order valence-electron chi connectivity index (χ0n) is 13.3. The van der Waals surface area contributed by atoms with Crippen molar-refractivity contribution in [2.75, 3.05) is 19.6 Å². The lowest BCUT2D eigenvalue weighted by Crippen LogP contribution is -2.35. The highest BCUT2D eigenvalue weighted by Crippen LogP contribution is 2.32. The van der Waals surface area contributed by atoms with E-state index >= 15 is 0 Å². The predicted octanol–water partition coefficient (Wildman–Crippen LogP) is 1.81. The second-order valence-electron chi connectivity index (χ2n) is 6.13. The summed E-state index contributed by atoms with van der Waals surface area (Å²) in [5, 5.41) is 0. The van der Waals surface area contributed by atoms with Gasteiger partial charge in [-0.05, 0) is 40.0 Å². The molecule has 1 saturated heterocycles. The summed E-state index contributed by atoms with van der Waals surface area (Å²) in [4.78, 5) is 26.3. The summed E-state index contributed by atoms with van der Waals surface area (Å²) < 4.78 is 2.21. The predicted molar refractivity (Wildman–Crippen MR) is 96.7 cm³/mol. The molecule has 0 unspecified atom stereocenters. The summed E-state index contributed by atoms with van der Waals surface area (Å²) in [7, 11) is 0. The van der Waals surface area contributed by atoms with Crippen molar-refractivity contribution in [1.82, 2.24) is 9.47 Å². The lowest BCUT2D eigenvalue weighted by molar-refractivity contribution is -0.131. The van der Waals surface area contributed by atoms with E-state index in [0.29, 0.717) is 19.6 Å². The first kappa shape index (κ1) is 16.9. The molecule has 5 nitrogen and oxygen atoms in total. The number of rotatable bonds is 4. The molecule has 2 atom stereocenters. The van der Waals surface area contributed by atoms with E-state index in [0.717, 1.165) is 4.47 Å². The van der Waals surface area contributed by atoms with Crippen LogP contribution in [0.15, 0.2) is 57.9 Å². The summed E-state index contributed by atoms with van der Waals surface area (Å²) in [6.07, 6.45) is 1.64. The summed E-state index contributed by atoms with van der Waals surface area (Å²) >= 11 is 3.33. The monoisotopic (exact) mass is 389 g/mol. The minimum Gasteiger partial charge on any atom is -0.340 e. The molecule has 0 spiro atoms. The van der Waals surface area contributed by atoms with Crippen LogP contribution in [0.3, 0.4) is 0 Å². The molecule has 0 bridgehead atoms. The van der Waals surface area contributed by atoms with Crippen molar-refractivity contribution in [1.29, 1.82) is 0 Å². The van der Waals surface area contributed by atoms with Gasteiger partial charge in [-0.1, -0.05) is 30.3 Å². The van der Waals surface area contributed by atoms with E-state index < -0.39 is 0 Å². The number of nitrogens with two attached hydrogens (primary N) is 1. The molecule has 24 heavy (non-hydrogen) atoms. The van der Waals surface area contributed by atoms with Gasteiger partial charge in [0, 0.05) is 35.7 Å². The van der Waals surface area contributed by atoms with Crippen LogP contribution in [0.4, 0.5) is 0 Å². The molecule has 0 aliphatic carbocycles. The molecule has 1 aromatic heterocycles. The topological polar surface area (TPSA) is 68.3 Å². The van der Waals surface area contributed by atoms with E-state index in [2.05, 4.69) is 28.1 Å². The third-order valence-electron chi connectivity index (χ3n) is 4.58. The number of hydrogen-bond donors (Lipinski definition) is 1. The third kappa shape index (κ3) is 3.60. The van der Waals surface area contributed by atoms with Crippen LogP contribution >= 0.6 is 15.9 Å². The van der Waals surface area contributed by atoms with Gasteiger partial charge in [0.25, 0.3) is 5.56 Å². The Hall–Kier alpha value is -1.92. The smallest absolute Gasteiger partial charge is 0.251 e. The Morgan fingerprint density at radius 2 is 1.92 bits per heavy atom. The molecule has 2 heterocycles. The molecule has 0 saturated carbocycles. The van der Waals surface area contributed by atoms with Crippen LogP contribution < -0.4 is 11.3 Å². The maximum absolute atomic E-state index is 12.6. The average molecular weight is 390 g/mol. The summed E-state index contributed by atoms with van der Waals surface area (Å²) in [5.74, 6) is 0.446. The summed E-state index contributed by atoms with van der Waals surface area (Å²) in [6, 6.07) is 13.3. The van der Waals surface area contributed by atoms with E-state index in [1.54, 1.807) is 12.3 Å². The Balaban J connectivity index is 1.74. The van der Waals surface area contributed by atoms with Crippen molar-refractivity contribution in [3.8, 4) is 0 Å². The summed E-state index contributed by atoms with van der Waals surface area (Å²) in [5.41, 5.74) is 6.95. The van der Waals surface area contributed by atoms with Crippen molar-refractivity contribution in [2.45, 2.75) is 12.5 Å². The molecule has 3 rings (SSSR count). The van der Waals surface area contributed by atoms with Gasteiger partial charge in [-0.3, -0.25) is 9.59 Å². The van der Waals surface area contributed by atoms with E-state index in [-0.39, 0.29) is 29.8 Å². The number of benzene rings is 1. The van der Waals surface area contributed by atoms with Gasteiger partial charge in [-0.15, -0.1) is 0 Å². The average Bonchev–Trinajstić information content (AvgIpc) is 3.03. The fraction of sp³-hybridized carbons (Fsp3) is 0.333. The van der Waals surface area contributed by atoms with Gasteiger partial charge in [0.15, 0.2) is 0 Å². The number of likely N-dealkylation sites (tertiary alicyclic amines) is 1. The second kappa shape index (κ2) is 7.32. The molecule has 1 fully saturated rings. The maximum atomic E-state index is 12.6. The Kier molecular flexibility index (Phi) is 5.16. The minimum absolute atomic E-state index is 0.0490. The van der Waals surface area contributed by atoms with E-state index in [1.165, 1.54) is 16.2 Å². The second-order valence-corrected chi connectivity index (χ2v) is 7.04. The molecular weight excluding hydrogens is 370 g/mol. The van der Waals surface area contributed by atoms with Crippen molar-refractivity contribution < 1.29 is 4.79 Å². The number of carbonyl (C=O) groups is 1. The van der Waals surface area contributed by atoms with Gasteiger partial charge in [-0.25, -0.2) is 0 Å². The number of carbonyl (C=O) groups excluding carboxylic acids is 1. The van der Waals surface area contributed by atoms with Gasteiger partial charge >= 0.3 is 0 Å². The molecule has 1 amide bonds. The molecule has 2 aromatic rings. The number of amides is 1. The van der Waals surface area contributed by atoms with Crippen LogP contribution in [0, 0.1) is 5.92 Å². The molecule has 1 aliphatic rings. The van der Waals surface area contributed by atoms with Crippen molar-refractivity contribution in [2.24, 2.45) is 11.7 Å². The SMILES string of the molecule is NC[C@@H]1CN(C(=O)Cn2cc(Br)ccc2=O)C[C@H]1c1ccccc1. The highest BCUT2D eigenvalue weighted by molar-refractivity contribution is 9.10. The molecule has 1 aliphatic heterocycles. The normalized spacial score (nSPS) is 20.3. The van der Waals surface area contributed by atoms with Gasteiger partial charge in [-0.2, -0.15) is 0 Å². The molecule has 6 heteroatoms. The van der Waals surface area contributed by atoms with Crippen LogP contribution in [-0.2, 0) is 11.3 Å². The van der Waals surface area contributed by atoms with Gasteiger partial charge in [0.05, 0.1) is 0 Å². The Morgan fingerprint density at radius 3 is 2.62 bits per heavy atom. The zero-order valence-corrected chi connectivity index (χ0v) is 14.9. The lowest BCUT2D eigenvalue weighted by Gasteiger charge is -2.17. The molecule has 126 valence electrons. The van der Waals surface area contributed by atoms with E-state index in [4.69, 9.17) is 5.73 Å². The van der Waals surface area contributed by atoms with Crippen molar-refractivity contribution >= 4 is 21.8 Å². The number of hydrogen-bond acceptors (Lipinski definition) is 3. The largest absolute Gasteiger partial charge is 0.340 e. The first-order valence-corrected chi connectivity index (χ1v) is 8.76. The van der Waals surface area contributed by atoms with Crippen molar-refractivity contribution in [3.05, 3.63) is 69.1 Å². The van der Waals surface area contributed by atoms with Gasteiger partial charge in [0.2, 0.25) is 5.91 Å². The highest BCUT2D eigenvalue weighted by Gasteiger charge is 2.35. The van der Waals surface area contributed by atoms with Gasteiger partial charge < -0.3 is 15.2 Å². The van der Waals surface area contributed by atoms with Crippen LogP contribution in [0.2, 0.25) is 0 Å². The fourth-order valence-electron chi connectivity index (χ4n) is 3.26. The van der Waals surface area contributed by atoms with Crippen LogP contribution in [-0.4, -0.2) is 35.0 Å². The van der Waals surface area contributed by atoms with Crippen LogP contribution in [0.1, 0.15) is 11.5 Å². The maximum Gasteiger partial charge on any atom is 0.251 e. The molecular formula is C18H20BrN3O2. The van der Waals surface area contributed by atoms with E-state index in [1.807, 2.05) is 23.1 Å². The van der Waals surface area contributed by atoms with Crippen LogP contribution in [0.25, 0.3) is 0 Å². The fourth-order valence-corrected chi connectivity index (χ4v) is 3.64. The minimum atomic E-state index is -0.180. The quantitative estimate of drug-likeness (QED) is 0.866. The van der Waals surface area contributed by atoms with Gasteiger partial charge in [0.1, 0.15) is 6.54 Å². The van der Waals surface area contributed by atoms with Crippen LogP contribution in [0.5, 0.6) is 0 Å². The molecule has 2 N–H and O–H groups in total. The number of aromatic nitrogens is 1. The third-order valence-corrected chi connectivity index (χ3v) is 5.05. The first-order chi connectivity index (χ1) is 11.6. The first-order valence-electron chi connectivity index (χ1n) is 7.97. The Labute approximate surface area is 149 Å². The Bertz CT molecular complexity index is 775. The standard InChI is InChI=1S/C18H20BrN3O2/c19-15-6-7-17(23)22(10-15)12-18(24)21-9-14(8-20)16(11-21)13-4-2-1-3-5-13/h1-7,10,14,16H,8-9,11-12,20H2/t14-,16+/m1/s1. The molecule has 0 radical (unpaired) electrons. The van der Waals surface area contributed by atoms with Crippen molar-refractivity contribution in [3.63, 3.8) is 0 Å². The number of pyridine rings is 1. The number of nitrogens with zero attached hydrogens (tertiary/aromatic N) is 2. The number of halogens is 1. The highest BCUT2D eigenvalue weighted by atomic mass is 79.9. The van der Waals surface area contributed by atoms with E-state index in [9.17, 15) is 9.59 Å². The lowest BCUT2D eigenvalue weighted by atomic mass is 9.89.